The van der Waals surface area contributed by atoms with E-state index in [2.05, 4.69) is 0 Å². The number of esters is 1. The Morgan fingerprint density at radius 2 is 1.58 bits per heavy atom. The first kappa shape index (κ1) is 19.7. The lowest BCUT2D eigenvalue weighted by molar-refractivity contribution is -0.141. The zero-order valence-electron chi connectivity index (χ0n) is 17.9. The molecule has 0 spiro atoms. The van der Waals surface area contributed by atoms with Gasteiger partial charge in [-0.3, -0.25) is 4.79 Å². The van der Waals surface area contributed by atoms with Crippen LogP contribution in [-0.2, 0) is 16.0 Å². The summed E-state index contributed by atoms with van der Waals surface area (Å²) in [5.41, 5.74) is 2.82. The van der Waals surface area contributed by atoms with Crippen molar-refractivity contribution in [2.24, 2.45) is 11.8 Å². The quantitative estimate of drug-likeness (QED) is 0.673. The molecule has 8 heteroatoms. The van der Waals surface area contributed by atoms with E-state index in [-0.39, 0.29) is 30.5 Å². The number of fused-ring (bicyclic) bond motifs is 3. The van der Waals surface area contributed by atoms with Crippen LogP contribution in [0.4, 0.5) is 0 Å². The van der Waals surface area contributed by atoms with Gasteiger partial charge in [0.05, 0.1) is 41.0 Å². The lowest BCUT2D eigenvalue weighted by Crippen LogP contribution is -2.32. The minimum Gasteiger partial charge on any atom is -0.493 e. The van der Waals surface area contributed by atoms with Gasteiger partial charge < -0.3 is 33.2 Å². The first-order valence-corrected chi connectivity index (χ1v) is 10.1. The monoisotopic (exact) mass is 428 g/mol. The summed E-state index contributed by atoms with van der Waals surface area (Å²) in [5.74, 6) is 2.62. The second-order valence-electron chi connectivity index (χ2n) is 7.77. The molecule has 0 N–H and O–H groups in total. The van der Waals surface area contributed by atoms with E-state index in [1.165, 1.54) is 0 Å². The van der Waals surface area contributed by atoms with Gasteiger partial charge in [-0.25, -0.2) is 0 Å². The zero-order valence-corrected chi connectivity index (χ0v) is 17.9. The van der Waals surface area contributed by atoms with Crippen LogP contribution in [0.1, 0.15) is 22.6 Å². The van der Waals surface area contributed by atoms with Gasteiger partial charge in [-0.1, -0.05) is 0 Å². The molecule has 1 fully saturated rings. The molecule has 0 radical (unpaired) electrons. The smallest absolute Gasteiger partial charge is 0.310 e. The molecule has 2 aliphatic heterocycles. The number of rotatable bonds is 5. The molecule has 5 rings (SSSR count). The highest BCUT2D eigenvalue weighted by Crippen LogP contribution is 2.56. The molecule has 164 valence electrons. The van der Waals surface area contributed by atoms with Crippen molar-refractivity contribution in [3.8, 4) is 34.5 Å². The van der Waals surface area contributed by atoms with E-state index in [1.54, 1.807) is 28.4 Å². The summed E-state index contributed by atoms with van der Waals surface area (Å²) in [6, 6.07) is 5.73. The molecule has 0 saturated carbocycles. The zero-order chi connectivity index (χ0) is 21.7. The Labute approximate surface area is 179 Å². The van der Waals surface area contributed by atoms with Crippen molar-refractivity contribution in [3.05, 3.63) is 34.9 Å². The summed E-state index contributed by atoms with van der Waals surface area (Å²) in [4.78, 5) is 12.8. The molecule has 3 atom stereocenters. The van der Waals surface area contributed by atoms with E-state index in [9.17, 15) is 4.79 Å². The molecule has 2 aromatic rings. The van der Waals surface area contributed by atoms with Crippen molar-refractivity contribution < 1.29 is 38.0 Å². The Morgan fingerprint density at radius 3 is 2.23 bits per heavy atom. The highest BCUT2D eigenvalue weighted by molar-refractivity contribution is 5.79. The SMILES string of the molecule is COc1cc([C@H]2c3cc4c(c(OC)c3C[C@@H]3COC(=O)[C@H]32)OCO4)cc(OC)c1OC. The maximum Gasteiger partial charge on any atom is 0.310 e. The Kier molecular flexibility index (Phi) is 4.72. The van der Waals surface area contributed by atoms with Crippen molar-refractivity contribution in [1.82, 2.24) is 0 Å². The molecule has 1 saturated heterocycles. The van der Waals surface area contributed by atoms with Gasteiger partial charge in [0.25, 0.3) is 0 Å². The third kappa shape index (κ3) is 2.85. The third-order valence-corrected chi connectivity index (χ3v) is 6.39. The van der Waals surface area contributed by atoms with E-state index in [0.29, 0.717) is 47.5 Å². The van der Waals surface area contributed by atoms with E-state index in [1.807, 2.05) is 18.2 Å². The standard InChI is InChI=1S/C23H24O8/c1-25-15-6-11(7-16(26-2)21(15)28-4)18-13-8-17-22(31-10-30-17)20(27-3)14(13)5-12-9-29-23(24)19(12)18/h6-8,12,18-19H,5,9-10H2,1-4H3/t12-,18+,19-/m1/s1. The molecular weight excluding hydrogens is 404 g/mol. The van der Waals surface area contributed by atoms with Gasteiger partial charge in [-0.2, -0.15) is 0 Å². The van der Waals surface area contributed by atoms with Crippen LogP contribution in [0.2, 0.25) is 0 Å². The Morgan fingerprint density at radius 1 is 0.871 bits per heavy atom. The second kappa shape index (κ2) is 7.44. The van der Waals surface area contributed by atoms with E-state index < -0.39 is 0 Å². The van der Waals surface area contributed by atoms with Gasteiger partial charge in [-0.05, 0) is 35.7 Å². The molecule has 8 nitrogen and oxygen atoms in total. The van der Waals surface area contributed by atoms with E-state index in [0.717, 1.165) is 16.7 Å². The fourth-order valence-corrected chi connectivity index (χ4v) is 5.07. The largest absolute Gasteiger partial charge is 0.493 e. The Hall–Kier alpha value is -3.29. The van der Waals surface area contributed by atoms with Crippen LogP contribution in [0, 0.1) is 11.8 Å². The molecule has 0 amide bonds. The predicted octanol–water partition coefficient (Wildman–Crippen LogP) is 2.93. The molecular formula is C23H24O8. The van der Waals surface area contributed by atoms with E-state index in [4.69, 9.17) is 33.2 Å². The van der Waals surface area contributed by atoms with Crippen molar-refractivity contribution in [2.45, 2.75) is 12.3 Å². The normalized spacial score (nSPS) is 23.0. The van der Waals surface area contributed by atoms with Gasteiger partial charge in [0.15, 0.2) is 23.0 Å². The molecule has 2 heterocycles. The number of methoxy groups -OCH3 is 4. The highest BCUT2D eigenvalue weighted by Gasteiger charge is 2.49. The summed E-state index contributed by atoms with van der Waals surface area (Å²) in [5, 5.41) is 0. The number of carbonyl (C=O) groups excluding carboxylic acids is 1. The molecule has 0 unspecified atom stereocenters. The summed E-state index contributed by atoms with van der Waals surface area (Å²) >= 11 is 0. The van der Waals surface area contributed by atoms with Gasteiger partial charge in [0.2, 0.25) is 18.3 Å². The molecule has 0 aromatic heterocycles. The van der Waals surface area contributed by atoms with Crippen molar-refractivity contribution in [1.29, 1.82) is 0 Å². The third-order valence-electron chi connectivity index (χ3n) is 6.39. The topological polar surface area (TPSA) is 81.7 Å². The Balaban J connectivity index is 1.76. The average molecular weight is 428 g/mol. The van der Waals surface area contributed by atoms with Gasteiger partial charge >= 0.3 is 5.97 Å². The first-order valence-electron chi connectivity index (χ1n) is 10.1. The number of carbonyl (C=O) groups is 1. The van der Waals surface area contributed by atoms with Crippen LogP contribution in [0.3, 0.4) is 0 Å². The Bertz CT molecular complexity index is 1020. The summed E-state index contributed by atoms with van der Waals surface area (Å²) in [6.45, 7) is 0.514. The maximum atomic E-state index is 12.8. The molecule has 1 aliphatic carbocycles. The summed E-state index contributed by atoms with van der Waals surface area (Å²) < 4.78 is 39.2. The van der Waals surface area contributed by atoms with Gasteiger partial charge in [0, 0.05) is 17.4 Å². The van der Waals surface area contributed by atoms with E-state index >= 15 is 0 Å². The number of ether oxygens (including phenoxy) is 7. The summed E-state index contributed by atoms with van der Waals surface area (Å²) in [7, 11) is 6.33. The average Bonchev–Trinajstić information content (AvgIpc) is 3.41. The fraction of sp³-hybridized carbons (Fsp3) is 0.435. The van der Waals surface area contributed by atoms with Crippen LogP contribution in [0.5, 0.6) is 34.5 Å². The predicted molar refractivity (Wildman–Crippen MR) is 109 cm³/mol. The summed E-state index contributed by atoms with van der Waals surface area (Å²) in [6.07, 6.45) is 0.659. The van der Waals surface area contributed by atoms with Crippen molar-refractivity contribution in [3.63, 3.8) is 0 Å². The number of hydrogen-bond donors (Lipinski definition) is 0. The van der Waals surface area contributed by atoms with Gasteiger partial charge in [0.1, 0.15) is 0 Å². The van der Waals surface area contributed by atoms with Crippen LogP contribution in [0.15, 0.2) is 18.2 Å². The van der Waals surface area contributed by atoms with Crippen LogP contribution in [0.25, 0.3) is 0 Å². The lowest BCUT2D eigenvalue weighted by atomic mass is 9.67. The van der Waals surface area contributed by atoms with Gasteiger partial charge in [-0.15, -0.1) is 0 Å². The van der Waals surface area contributed by atoms with Crippen molar-refractivity contribution in [2.75, 3.05) is 41.8 Å². The molecule has 0 bridgehead atoms. The number of benzene rings is 2. The maximum absolute atomic E-state index is 12.8. The lowest BCUT2D eigenvalue weighted by Gasteiger charge is -2.34. The minimum atomic E-state index is -0.333. The number of cyclic esters (lactones) is 1. The first-order chi connectivity index (χ1) is 15.1. The van der Waals surface area contributed by atoms with Crippen molar-refractivity contribution >= 4 is 5.97 Å². The molecule has 2 aromatic carbocycles. The van der Waals surface area contributed by atoms with Crippen LogP contribution < -0.4 is 28.4 Å². The second-order valence-corrected chi connectivity index (χ2v) is 7.77. The van der Waals surface area contributed by atoms with Crippen LogP contribution in [-0.4, -0.2) is 47.8 Å². The minimum absolute atomic E-state index is 0.0263. The highest BCUT2D eigenvalue weighted by atomic mass is 16.7. The molecule has 3 aliphatic rings. The molecule has 31 heavy (non-hydrogen) atoms. The van der Waals surface area contributed by atoms with Crippen LogP contribution >= 0.6 is 0 Å². The number of hydrogen-bond acceptors (Lipinski definition) is 8. The fourth-order valence-electron chi connectivity index (χ4n) is 5.07.